The molecule has 0 bridgehead atoms. The number of hydrogen-bond donors (Lipinski definition) is 4. The van der Waals surface area contributed by atoms with E-state index in [0.717, 1.165) is 48.9 Å². The lowest BCUT2D eigenvalue weighted by molar-refractivity contribution is 0.454. The number of nitrogens with one attached hydrogen (secondary N) is 4. The molecule has 5 heterocycles. The lowest BCUT2D eigenvalue weighted by Gasteiger charge is -2.22. The lowest BCUT2D eigenvalue weighted by atomic mass is 9.94. The third-order valence-electron chi connectivity index (χ3n) is 6.58. The van der Waals surface area contributed by atoms with Crippen molar-refractivity contribution < 1.29 is 12.8 Å². The zero-order valence-corrected chi connectivity index (χ0v) is 20.9. The van der Waals surface area contributed by atoms with E-state index in [1.54, 1.807) is 18.3 Å². The summed E-state index contributed by atoms with van der Waals surface area (Å²) in [4.78, 5) is 17.5. The molecule has 0 saturated carbocycles. The molecule has 0 radical (unpaired) electrons. The van der Waals surface area contributed by atoms with Crippen LogP contribution in [0.15, 0.2) is 42.6 Å². The molecule has 1 fully saturated rings. The van der Waals surface area contributed by atoms with E-state index in [1.807, 2.05) is 6.07 Å². The number of rotatable bonds is 6. The molecular weight excluding hydrogens is 495 g/mol. The number of hydrogen-bond acceptors (Lipinski definition) is 7. The van der Waals surface area contributed by atoms with Crippen LogP contribution in [-0.2, 0) is 16.6 Å². The summed E-state index contributed by atoms with van der Waals surface area (Å²) in [6.07, 6.45) is 4.76. The summed E-state index contributed by atoms with van der Waals surface area (Å²) in [5.74, 6) is 0.436. The number of halogens is 1. The van der Waals surface area contributed by atoms with Gasteiger partial charge < -0.3 is 10.3 Å². The van der Waals surface area contributed by atoms with Gasteiger partial charge in [-0.15, -0.1) is 0 Å². The largest absolute Gasteiger partial charge is 0.336 e. The van der Waals surface area contributed by atoms with Gasteiger partial charge in [-0.25, -0.2) is 27.5 Å². The van der Waals surface area contributed by atoms with Gasteiger partial charge in [0.05, 0.1) is 23.0 Å². The van der Waals surface area contributed by atoms with Gasteiger partial charge in [0, 0.05) is 29.9 Å². The minimum absolute atomic E-state index is 0.0320. The Morgan fingerprint density at radius 1 is 1.03 bits per heavy atom. The highest BCUT2D eigenvalue weighted by molar-refractivity contribution is 7.88. The summed E-state index contributed by atoms with van der Waals surface area (Å²) in [6, 6.07) is 10.2. The van der Waals surface area contributed by atoms with Crippen LogP contribution in [0.4, 0.5) is 4.39 Å². The number of pyridine rings is 2. The van der Waals surface area contributed by atoms with Crippen molar-refractivity contribution in [3.05, 3.63) is 59.7 Å². The van der Waals surface area contributed by atoms with Gasteiger partial charge in [0.1, 0.15) is 16.9 Å². The van der Waals surface area contributed by atoms with Crippen molar-refractivity contribution in [3.8, 4) is 22.8 Å². The third kappa shape index (κ3) is 4.82. The highest BCUT2D eigenvalue weighted by Crippen LogP contribution is 2.32. The van der Waals surface area contributed by atoms with E-state index in [2.05, 4.69) is 36.3 Å². The Morgan fingerprint density at radius 2 is 1.84 bits per heavy atom. The van der Waals surface area contributed by atoms with E-state index in [4.69, 9.17) is 9.97 Å². The summed E-state index contributed by atoms with van der Waals surface area (Å²) in [6.45, 7) is 1.93. The van der Waals surface area contributed by atoms with E-state index in [1.165, 1.54) is 12.1 Å². The number of piperidine rings is 1. The zero-order chi connectivity index (χ0) is 25.6. The summed E-state index contributed by atoms with van der Waals surface area (Å²) < 4.78 is 39.8. The van der Waals surface area contributed by atoms with Crippen LogP contribution in [0.2, 0.25) is 0 Å². The molecule has 1 aliphatic heterocycles. The van der Waals surface area contributed by atoms with Crippen LogP contribution in [0.1, 0.15) is 30.0 Å². The number of aromatic amines is 2. The van der Waals surface area contributed by atoms with Crippen LogP contribution < -0.4 is 10.0 Å². The molecule has 1 aliphatic rings. The molecule has 0 amide bonds. The van der Waals surface area contributed by atoms with E-state index < -0.39 is 15.8 Å². The van der Waals surface area contributed by atoms with E-state index >= 15 is 0 Å². The third-order valence-corrected chi connectivity index (χ3v) is 7.25. The minimum atomic E-state index is -3.42. The summed E-state index contributed by atoms with van der Waals surface area (Å²) in [5.41, 5.74) is 5.92. The van der Waals surface area contributed by atoms with Gasteiger partial charge in [-0.1, -0.05) is 0 Å². The average molecular weight is 521 g/mol. The molecule has 10 nitrogen and oxygen atoms in total. The first-order valence-electron chi connectivity index (χ1n) is 12.0. The smallest absolute Gasteiger partial charge is 0.209 e. The highest BCUT2D eigenvalue weighted by Gasteiger charge is 2.21. The fourth-order valence-corrected chi connectivity index (χ4v) is 5.22. The number of benzene rings is 1. The topological polar surface area (TPSA) is 141 Å². The van der Waals surface area contributed by atoms with Crippen molar-refractivity contribution >= 4 is 32.1 Å². The number of aromatic nitrogens is 6. The van der Waals surface area contributed by atoms with Gasteiger partial charge in [0.25, 0.3) is 0 Å². The predicted molar refractivity (Wildman–Crippen MR) is 139 cm³/mol. The minimum Gasteiger partial charge on any atom is -0.336 e. The van der Waals surface area contributed by atoms with Crippen LogP contribution in [0.25, 0.3) is 44.8 Å². The standard InChI is InChI=1S/C25H25FN8O2S/c1-37(35,36)29-13-14-10-16(12-17(26)11-14)21-22-19(6-9-28-21)31-25(32-22)24-23-20(33-34-24)3-2-18(30-23)15-4-7-27-8-5-15/h2-3,6,9-12,15,27,29H,4-5,7-8,13H2,1H3,(H,31,32)(H,33,34). The van der Waals surface area contributed by atoms with E-state index in [9.17, 15) is 12.8 Å². The maximum absolute atomic E-state index is 14.5. The molecule has 4 N–H and O–H groups in total. The monoisotopic (exact) mass is 520 g/mol. The molecule has 4 aromatic heterocycles. The summed E-state index contributed by atoms with van der Waals surface area (Å²) >= 11 is 0. The molecule has 0 aliphatic carbocycles. The predicted octanol–water partition coefficient (Wildman–Crippen LogP) is 3.22. The molecule has 5 aromatic rings. The molecule has 12 heteroatoms. The molecule has 1 aromatic carbocycles. The normalized spacial score (nSPS) is 15.1. The molecule has 0 atom stereocenters. The van der Waals surface area contributed by atoms with Gasteiger partial charge in [-0.05, 0) is 67.9 Å². The van der Waals surface area contributed by atoms with Gasteiger partial charge >= 0.3 is 0 Å². The molecule has 0 unspecified atom stereocenters. The van der Waals surface area contributed by atoms with Crippen LogP contribution in [0, 0.1) is 5.82 Å². The van der Waals surface area contributed by atoms with Crippen LogP contribution in [0.3, 0.4) is 0 Å². The van der Waals surface area contributed by atoms with Crippen LogP contribution in [-0.4, -0.2) is 57.9 Å². The van der Waals surface area contributed by atoms with Crippen molar-refractivity contribution in [2.45, 2.75) is 25.3 Å². The van der Waals surface area contributed by atoms with Crippen molar-refractivity contribution in [2.24, 2.45) is 0 Å². The van der Waals surface area contributed by atoms with Gasteiger partial charge in [-0.2, -0.15) is 5.10 Å². The molecule has 37 heavy (non-hydrogen) atoms. The average Bonchev–Trinajstić information content (AvgIpc) is 3.51. The van der Waals surface area contributed by atoms with Gasteiger partial charge in [0.15, 0.2) is 11.5 Å². The zero-order valence-electron chi connectivity index (χ0n) is 20.0. The number of H-pyrrole nitrogens is 2. The SMILES string of the molecule is CS(=O)(=O)NCc1cc(F)cc(-c2nccc3[nH]c(-c4n[nH]c5ccc(C6CCNCC6)nc45)nc23)c1. The molecular formula is C25H25FN8O2S. The maximum Gasteiger partial charge on any atom is 0.209 e. The fourth-order valence-electron chi connectivity index (χ4n) is 4.79. The van der Waals surface area contributed by atoms with Gasteiger partial charge in [-0.3, -0.25) is 10.1 Å². The highest BCUT2D eigenvalue weighted by atomic mass is 32.2. The first-order chi connectivity index (χ1) is 17.8. The number of fused-ring (bicyclic) bond motifs is 2. The van der Waals surface area contributed by atoms with Gasteiger partial charge in [0.2, 0.25) is 10.0 Å². The van der Waals surface area contributed by atoms with E-state index in [0.29, 0.717) is 45.3 Å². The first-order valence-corrected chi connectivity index (χ1v) is 13.9. The molecule has 190 valence electrons. The van der Waals surface area contributed by atoms with Crippen molar-refractivity contribution in [3.63, 3.8) is 0 Å². The Labute approximate surface area is 212 Å². The van der Waals surface area contributed by atoms with Crippen LogP contribution in [0.5, 0.6) is 0 Å². The lowest BCUT2D eigenvalue weighted by Crippen LogP contribution is -2.27. The quantitative estimate of drug-likeness (QED) is 0.269. The molecule has 1 saturated heterocycles. The first kappa shape index (κ1) is 23.6. The number of imidazole rings is 1. The Morgan fingerprint density at radius 3 is 2.65 bits per heavy atom. The van der Waals surface area contributed by atoms with Crippen LogP contribution >= 0.6 is 0 Å². The summed E-state index contributed by atoms with van der Waals surface area (Å²) in [7, 11) is -3.42. The molecule has 6 rings (SSSR count). The summed E-state index contributed by atoms with van der Waals surface area (Å²) in [5, 5.41) is 10.9. The fraction of sp³-hybridized carbons (Fsp3) is 0.280. The van der Waals surface area contributed by atoms with E-state index in [-0.39, 0.29) is 6.54 Å². The van der Waals surface area contributed by atoms with Crippen molar-refractivity contribution in [1.29, 1.82) is 0 Å². The second-order valence-electron chi connectivity index (χ2n) is 9.31. The maximum atomic E-state index is 14.5. The Kier molecular flexibility index (Phi) is 5.94. The Balaban J connectivity index is 1.40. The Hall–Kier alpha value is -3.74. The number of nitrogens with zero attached hydrogens (tertiary/aromatic N) is 4. The molecule has 0 spiro atoms. The Bertz CT molecular complexity index is 1720. The number of sulfonamides is 1. The van der Waals surface area contributed by atoms with Crippen molar-refractivity contribution in [1.82, 2.24) is 40.2 Å². The second-order valence-corrected chi connectivity index (χ2v) is 11.1. The second kappa shape index (κ2) is 9.29. The van der Waals surface area contributed by atoms with Crippen molar-refractivity contribution in [2.75, 3.05) is 19.3 Å².